The van der Waals surface area contributed by atoms with Crippen molar-refractivity contribution in [2.75, 3.05) is 0 Å². The first kappa shape index (κ1) is 22.5. The van der Waals surface area contributed by atoms with Crippen LogP contribution in [-0.4, -0.2) is 36.4 Å². The van der Waals surface area contributed by atoms with E-state index in [0.29, 0.717) is 17.5 Å². The summed E-state index contributed by atoms with van der Waals surface area (Å²) in [6.07, 6.45) is 3.46. The molecule has 1 N–H and O–H groups in total. The van der Waals surface area contributed by atoms with Gasteiger partial charge in [0.15, 0.2) is 11.0 Å². The lowest BCUT2D eigenvalue weighted by Crippen LogP contribution is -2.51. The summed E-state index contributed by atoms with van der Waals surface area (Å²) in [5, 5.41) is 21.3. The Hall–Kier alpha value is -3.18. The second-order valence-corrected chi connectivity index (χ2v) is 9.15. The molecule has 3 aromatic rings. The fourth-order valence-corrected chi connectivity index (χ4v) is 3.71. The van der Waals surface area contributed by atoms with Crippen LogP contribution in [0.2, 0.25) is 0 Å². The maximum Gasteiger partial charge on any atom is 0.234 e. The lowest BCUT2D eigenvalue weighted by molar-refractivity contribution is -0.121. The summed E-state index contributed by atoms with van der Waals surface area (Å²) >= 11 is 1.32. The largest absolute Gasteiger partial charge is 0.337 e. The van der Waals surface area contributed by atoms with Crippen molar-refractivity contribution in [1.82, 2.24) is 25.1 Å². The van der Waals surface area contributed by atoms with Gasteiger partial charge in [-0.1, -0.05) is 55.9 Å². The molecule has 2 aromatic heterocycles. The van der Waals surface area contributed by atoms with Crippen molar-refractivity contribution in [2.45, 2.75) is 50.2 Å². The Balaban J connectivity index is 1.88. The zero-order valence-corrected chi connectivity index (χ0v) is 18.9. The van der Waals surface area contributed by atoms with E-state index in [1.54, 1.807) is 19.3 Å². The fraction of sp³-hybridized carbons (Fsp3) is 0.348. The summed E-state index contributed by atoms with van der Waals surface area (Å²) in [4.78, 5) is 17.0. The number of nitriles is 1. The Morgan fingerprint density at radius 2 is 1.94 bits per heavy atom. The zero-order valence-electron chi connectivity index (χ0n) is 18.1. The molecule has 1 aromatic carbocycles. The first-order valence-electron chi connectivity index (χ1n) is 10.1. The summed E-state index contributed by atoms with van der Waals surface area (Å²) in [5.74, 6) is 0.466. The minimum Gasteiger partial charge on any atom is -0.337 e. The Morgan fingerprint density at radius 3 is 2.55 bits per heavy atom. The molecule has 2 atom stereocenters. The number of nitrogens with one attached hydrogen (secondary N) is 1. The highest BCUT2D eigenvalue weighted by molar-refractivity contribution is 8.00. The number of hydrogen-bond acceptors (Lipinski definition) is 6. The van der Waals surface area contributed by atoms with Crippen molar-refractivity contribution in [3.63, 3.8) is 0 Å². The number of aromatic nitrogens is 4. The predicted molar refractivity (Wildman–Crippen MR) is 121 cm³/mol. The molecule has 2 unspecified atom stereocenters. The lowest BCUT2D eigenvalue weighted by atomic mass is 9.90. The van der Waals surface area contributed by atoms with E-state index in [1.807, 2.05) is 67.8 Å². The highest BCUT2D eigenvalue weighted by Crippen LogP contribution is 2.28. The highest BCUT2D eigenvalue weighted by atomic mass is 32.2. The number of nitrogens with zero attached hydrogens (tertiary/aromatic N) is 5. The molecule has 0 fully saturated rings. The molecule has 0 radical (unpaired) electrons. The van der Waals surface area contributed by atoms with Gasteiger partial charge in [0.2, 0.25) is 5.91 Å². The highest BCUT2D eigenvalue weighted by Gasteiger charge is 2.32. The number of benzene rings is 1. The molecule has 2 heterocycles. The summed E-state index contributed by atoms with van der Waals surface area (Å²) in [6, 6.07) is 16.0. The number of hydrogen-bond donors (Lipinski definition) is 1. The van der Waals surface area contributed by atoms with Gasteiger partial charge < -0.3 is 5.32 Å². The van der Waals surface area contributed by atoms with E-state index in [1.165, 1.54) is 11.8 Å². The molecule has 0 aliphatic heterocycles. The van der Waals surface area contributed by atoms with Gasteiger partial charge in [0.25, 0.3) is 0 Å². The number of pyridine rings is 1. The van der Waals surface area contributed by atoms with Crippen LogP contribution in [0.5, 0.6) is 0 Å². The van der Waals surface area contributed by atoms with E-state index in [4.69, 9.17) is 0 Å². The van der Waals surface area contributed by atoms with Gasteiger partial charge in [0.1, 0.15) is 5.54 Å². The molecule has 0 saturated heterocycles. The normalized spacial score (nSPS) is 13.9. The molecular weight excluding hydrogens is 408 g/mol. The Kier molecular flexibility index (Phi) is 7.08. The van der Waals surface area contributed by atoms with Gasteiger partial charge >= 0.3 is 0 Å². The van der Waals surface area contributed by atoms with Crippen molar-refractivity contribution in [1.29, 1.82) is 5.26 Å². The minimum atomic E-state index is -0.926. The molecule has 0 spiro atoms. The van der Waals surface area contributed by atoms with Gasteiger partial charge in [-0.15, -0.1) is 10.2 Å². The van der Waals surface area contributed by atoms with Crippen LogP contribution < -0.4 is 5.32 Å². The monoisotopic (exact) mass is 434 g/mol. The molecule has 8 heteroatoms. The molecule has 160 valence electrons. The molecule has 7 nitrogen and oxygen atoms in total. The Bertz CT molecular complexity index is 1060. The maximum atomic E-state index is 12.8. The van der Waals surface area contributed by atoms with Crippen LogP contribution in [0.3, 0.4) is 0 Å². The van der Waals surface area contributed by atoms with Crippen LogP contribution in [-0.2, 0) is 11.3 Å². The van der Waals surface area contributed by atoms with E-state index in [-0.39, 0.29) is 11.8 Å². The molecule has 0 aliphatic rings. The average molecular weight is 435 g/mol. The molecule has 0 aliphatic carbocycles. The smallest absolute Gasteiger partial charge is 0.234 e. The van der Waals surface area contributed by atoms with Gasteiger partial charge in [0.05, 0.1) is 17.9 Å². The van der Waals surface area contributed by atoms with E-state index in [0.717, 1.165) is 11.1 Å². The summed E-state index contributed by atoms with van der Waals surface area (Å²) in [6.45, 7) is 7.95. The van der Waals surface area contributed by atoms with Crippen molar-refractivity contribution < 1.29 is 4.79 Å². The molecule has 1 amide bonds. The third-order valence-electron chi connectivity index (χ3n) is 5.24. The molecule has 3 rings (SSSR count). The van der Waals surface area contributed by atoms with Crippen molar-refractivity contribution in [2.24, 2.45) is 5.92 Å². The van der Waals surface area contributed by atoms with Gasteiger partial charge in [-0.2, -0.15) is 5.26 Å². The molecule has 31 heavy (non-hydrogen) atoms. The van der Waals surface area contributed by atoms with Crippen LogP contribution in [0.1, 0.15) is 33.3 Å². The van der Waals surface area contributed by atoms with E-state index >= 15 is 0 Å². The van der Waals surface area contributed by atoms with Crippen LogP contribution in [0.25, 0.3) is 11.4 Å². The van der Waals surface area contributed by atoms with Crippen molar-refractivity contribution >= 4 is 17.7 Å². The van der Waals surface area contributed by atoms with E-state index < -0.39 is 10.8 Å². The van der Waals surface area contributed by atoms with Gasteiger partial charge in [0, 0.05) is 18.0 Å². The topological polar surface area (TPSA) is 96.5 Å². The van der Waals surface area contributed by atoms with Gasteiger partial charge in [-0.05, 0) is 37.5 Å². The Morgan fingerprint density at radius 1 is 1.19 bits per heavy atom. The van der Waals surface area contributed by atoms with Gasteiger partial charge in [-0.3, -0.25) is 14.3 Å². The van der Waals surface area contributed by atoms with Gasteiger partial charge in [-0.25, -0.2) is 0 Å². The number of thioether (sulfide) groups is 1. The molecular formula is C23H26N6OS. The summed E-state index contributed by atoms with van der Waals surface area (Å²) < 4.78 is 1.99. The van der Waals surface area contributed by atoms with Crippen molar-refractivity contribution in [3.05, 3.63) is 60.4 Å². The predicted octanol–water partition coefficient (Wildman–Crippen LogP) is 3.92. The van der Waals surface area contributed by atoms with Crippen LogP contribution >= 0.6 is 11.8 Å². The minimum absolute atomic E-state index is 0.0161. The van der Waals surface area contributed by atoms with Crippen LogP contribution in [0.15, 0.2) is 60.0 Å². The second-order valence-electron chi connectivity index (χ2n) is 7.84. The SMILES string of the molecule is CC(Sc1nnc(-c2cccnc2)n1Cc1ccccc1)C(=O)NC(C)(C#N)C(C)C. The summed E-state index contributed by atoms with van der Waals surface area (Å²) in [5.41, 5.74) is 1.03. The van der Waals surface area contributed by atoms with Crippen LogP contribution in [0.4, 0.5) is 0 Å². The number of amides is 1. The first-order valence-corrected chi connectivity index (χ1v) is 11.0. The third kappa shape index (κ3) is 5.30. The molecule has 0 bridgehead atoms. The number of carbonyl (C=O) groups is 1. The quantitative estimate of drug-likeness (QED) is 0.540. The molecule has 0 saturated carbocycles. The zero-order chi connectivity index (χ0) is 22.4. The van der Waals surface area contributed by atoms with Crippen molar-refractivity contribution in [3.8, 4) is 17.5 Å². The van der Waals surface area contributed by atoms with E-state index in [2.05, 4.69) is 26.6 Å². The number of carbonyl (C=O) groups excluding carboxylic acids is 1. The standard InChI is InChI=1S/C23H26N6OS/c1-16(2)23(4,15-24)26-21(30)17(3)31-22-28-27-20(19-11-8-12-25-13-19)29(22)14-18-9-6-5-7-10-18/h5-13,16-17H,14H2,1-4H3,(H,26,30). The number of rotatable bonds is 8. The van der Waals surface area contributed by atoms with E-state index in [9.17, 15) is 10.1 Å². The Labute approximate surface area is 186 Å². The fourth-order valence-electron chi connectivity index (χ4n) is 2.86. The second kappa shape index (κ2) is 9.75. The first-order chi connectivity index (χ1) is 14.8. The lowest BCUT2D eigenvalue weighted by Gasteiger charge is -2.28. The third-order valence-corrected chi connectivity index (χ3v) is 6.32. The van der Waals surface area contributed by atoms with Crippen LogP contribution in [0, 0.1) is 17.2 Å². The maximum absolute atomic E-state index is 12.8. The average Bonchev–Trinajstić information content (AvgIpc) is 3.16. The summed E-state index contributed by atoms with van der Waals surface area (Å²) in [7, 11) is 0.